The highest BCUT2D eigenvalue weighted by Gasteiger charge is 2.42. The maximum atomic E-state index is 6.20. The van der Waals surface area contributed by atoms with Crippen molar-refractivity contribution < 1.29 is 8.94 Å². The highest BCUT2D eigenvalue weighted by Crippen LogP contribution is 2.39. The average Bonchev–Trinajstić information content (AvgIpc) is 3.18. The molecule has 1 aliphatic carbocycles. The van der Waals surface area contributed by atoms with Gasteiger partial charge in [-0.15, -0.1) is 0 Å². The number of benzene rings is 1. The first-order valence-electron chi connectivity index (χ1n) is 7.25. The Labute approximate surface area is 122 Å². The van der Waals surface area contributed by atoms with Crippen LogP contribution in [0, 0.1) is 0 Å². The molecule has 1 aliphatic rings. The van der Waals surface area contributed by atoms with E-state index in [2.05, 4.69) is 17.1 Å². The van der Waals surface area contributed by atoms with Crippen molar-refractivity contribution in [3.8, 4) is 11.6 Å². The summed E-state index contributed by atoms with van der Waals surface area (Å²) in [6.07, 6.45) is 3.08. The van der Waals surface area contributed by atoms with Crippen molar-refractivity contribution in [3.63, 3.8) is 0 Å². The molecule has 1 fully saturated rings. The van der Waals surface area contributed by atoms with Gasteiger partial charge in [-0.1, -0.05) is 29.8 Å². The Balaban J connectivity index is 1.74. The van der Waals surface area contributed by atoms with Gasteiger partial charge in [-0.3, -0.25) is 0 Å². The van der Waals surface area contributed by atoms with Crippen LogP contribution >= 0.6 is 0 Å². The summed E-state index contributed by atoms with van der Waals surface area (Å²) < 4.78 is 11.2. The largest absolute Gasteiger partial charge is 0.453 e. The fraction of sp³-hybridized carbons (Fsp3) is 0.375. The van der Waals surface area contributed by atoms with E-state index in [-0.39, 0.29) is 11.5 Å². The molecule has 2 unspecified atom stereocenters. The number of aromatic nitrogens is 2. The minimum atomic E-state index is -0.225. The van der Waals surface area contributed by atoms with E-state index in [0.717, 1.165) is 30.2 Å². The van der Waals surface area contributed by atoms with Gasteiger partial charge in [0.15, 0.2) is 5.76 Å². The lowest BCUT2D eigenvalue weighted by molar-refractivity contribution is 0.277. The Morgan fingerprint density at radius 1 is 1.33 bits per heavy atom. The van der Waals surface area contributed by atoms with Crippen LogP contribution in [-0.2, 0) is 5.41 Å². The van der Waals surface area contributed by atoms with Crippen molar-refractivity contribution in [2.45, 2.75) is 37.6 Å². The molecule has 1 saturated carbocycles. The Morgan fingerprint density at radius 3 is 2.95 bits per heavy atom. The maximum Gasteiger partial charge on any atom is 0.238 e. The monoisotopic (exact) mass is 283 g/mol. The van der Waals surface area contributed by atoms with Crippen molar-refractivity contribution in [3.05, 3.63) is 36.2 Å². The van der Waals surface area contributed by atoms with Crippen LogP contribution in [0.5, 0.6) is 0 Å². The van der Waals surface area contributed by atoms with Gasteiger partial charge < -0.3 is 14.7 Å². The molecular weight excluding hydrogens is 266 g/mol. The van der Waals surface area contributed by atoms with E-state index in [1.54, 1.807) is 0 Å². The number of nitrogens with two attached hydrogens (primary N) is 1. The van der Waals surface area contributed by atoms with Gasteiger partial charge in [0.2, 0.25) is 11.7 Å². The van der Waals surface area contributed by atoms with Crippen LogP contribution < -0.4 is 5.73 Å². The minimum absolute atomic E-state index is 0.0708. The second kappa shape index (κ2) is 4.43. The molecule has 4 rings (SSSR count). The smallest absolute Gasteiger partial charge is 0.238 e. The van der Waals surface area contributed by atoms with E-state index in [1.807, 2.05) is 30.3 Å². The van der Waals surface area contributed by atoms with Crippen molar-refractivity contribution in [2.24, 2.45) is 5.73 Å². The Morgan fingerprint density at radius 2 is 2.19 bits per heavy atom. The third kappa shape index (κ3) is 1.88. The SMILES string of the molecule is CC1(c2nc(-c3cc4ccccc4o3)no2)CCCC1N. The molecule has 2 N–H and O–H groups in total. The first-order chi connectivity index (χ1) is 10.2. The molecule has 2 heterocycles. The van der Waals surface area contributed by atoms with Gasteiger partial charge in [0, 0.05) is 11.4 Å². The summed E-state index contributed by atoms with van der Waals surface area (Å²) >= 11 is 0. The van der Waals surface area contributed by atoms with E-state index >= 15 is 0 Å². The molecule has 0 spiro atoms. The topological polar surface area (TPSA) is 78.1 Å². The van der Waals surface area contributed by atoms with Crippen LogP contribution in [-0.4, -0.2) is 16.2 Å². The van der Waals surface area contributed by atoms with Crippen molar-refractivity contribution in [2.75, 3.05) is 0 Å². The van der Waals surface area contributed by atoms with Crippen LogP contribution in [0.4, 0.5) is 0 Å². The van der Waals surface area contributed by atoms with Gasteiger partial charge in [0.25, 0.3) is 0 Å². The van der Waals surface area contributed by atoms with E-state index < -0.39 is 0 Å². The molecule has 3 aromatic rings. The third-order valence-electron chi connectivity index (χ3n) is 4.59. The summed E-state index contributed by atoms with van der Waals surface area (Å²) in [6.45, 7) is 2.10. The zero-order valence-corrected chi connectivity index (χ0v) is 11.9. The molecule has 2 aromatic heterocycles. The second-order valence-electron chi connectivity index (χ2n) is 5.99. The predicted molar refractivity (Wildman–Crippen MR) is 78.7 cm³/mol. The van der Waals surface area contributed by atoms with Crippen LogP contribution in [0.15, 0.2) is 39.3 Å². The first kappa shape index (κ1) is 12.6. The number of hydrogen-bond donors (Lipinski definition) is 1. The lowest BCUT2D eigenvalue weighted by atomic mass is 9.85. The zero-order chi connectivity index (χ0) is 14.4. The van der Waals surface area contributed by atoms with Gasteiger partial charge in [-0.25, -0.2) is 0 Å². The third-order valence-corrected chi connectivity index (χ3v) is 4.59. The highest BCUT2D eigenvalue weighted by molar-refractivity contribution is 5.81. The van der Waals surface area contributed by atoms with E-state index in [1.165, 1.54) is 0 Å². The molecule has 5 heteroatoms. The summed E-state index contributed by atoms with van der Waals surface area (Å²) in [4.78, 5) is 4.53. The fourth-order valence-electron chi connectivity index (χ4n) is 3.11. The van der Waals surface area contributed by atoms with Gasteiger partial charge in [0.1, 0.15) is 5.58 Å². The lowest BCUT2D eigenvalue weighted by Gasteiger charge is -2.23. The lowest BCUT2D eigenvalue weighted by Crippen LogP contribution is -2.38. The fourth-order valence-corrected chi connectivity index (χ4v) is 3.11. The Hall–Kier alpha value is -2.14. The molecule has 1 aromatic carbocycles. The van der Waals surface area contributed by atoms with E-state index in [9.17, 15) is 0 Å². The summed E-state index contributed by atoms with van der Waals surface area (Å²) in [5, 5.41) is 5.10. The molecule has 21 heavy (non-hydrogen) atoms. The molecule has 5 nitrogen and oxygen atoms in total. The number of rotatable bonds is 2. The second-order valence-corrected chi connectivity index (χ2v) is 5.99. The Kier molecular flexibility index (Phi) is 2.65. The highest BCUT2D eigenvalue weighted by atomic mass is 16.5. The Bertz CT molecular complexity index is 759. The van der Waals surface area contributed by atoms with Crippen molar-refractivity contribution in [1.29, 1.82) is 0 Å². The van der Waals surface area contributed by atoms with Crippen LogP contribution in [0.3, 0.4) is 0 Å². The van der Waals surface area contributed by atoms with Crippen LogP contribution in [0.2, 0.25) is 0 Å². The molecule has 0 radical (unpaired) electrons. The first-order valence-corrected chi connectivity index (χ1v) is 7.25. The molecule has 108 valence electrons. The van der Waals surface area contributed by atoms with Gasteiger partial charge in [-0.2, -0.15) is 4.98 Å². The normalized spacial score (nSPS) is 25.7. The van der Waals surface area contributed by atoms with Crippen LogP contribution in [0.1, 0.15) is 32.1 Å². The van der Waals surface area contributed by atoms with Crippen molar-refractivity contribution in [1.82, 2.24) is 10.1 Å². The predicted octanol–water partition coefficient (Wildman–Crippen LogP) is 3.25. The molecule has 0 amide bonds. The molecule has 0 bridgehead atoms. The molecule has 2 atom stereocenters. The molecular formula is C16H17N3O2. The van der Waals surface area contributed by atoms with Crippen LogP contribution in [0.25, 0.3) is 22.6 Å². The van der Waals surface area contributed by atoms with E-state index in [0.29, 0.717) is 17.5 Å². The van der Waals surface area contributed by atoms with Crippen molar-refractivity contribution >= 4 is 11.0 Å². The quantitative estimate of drug-likeness (QED) is 0.781. The number of nitrogens with zero attached hydrogens (tertiary/aromatic N) is 2. The number of fused-ring (bicyclic) bond motifs is 1. The molecule has 0 aliphatic heterocycles. The standard InChI is InChI=1S/C16H17N3O2/c1-16(8-4-7-13(16)17)15-18-14(19-21-15)12-9-10-5-2-3-6-11(10)20-12/h2-3,5-6,9,13H,4,7-8,17H2,1H3. The number of furan rings is 1. The summed E-state index contributed by atoms with van der Waals surface area (Å²) in [7, 11) is 0. The van der Waals surface area contributed by atoms with Gasteiger partial charge in [0.05, 0.1) is 5.41 Å². The minimum Gasteiger partial charge on any atom is -0.453 e. The number of hydrogen-bond acceptors (Lipinski definition) is 5. The number of para-hydroxylation sites is 1. The van der Waals surface area contributed by atoms with Gasteiger partial charge >= 0.3 is 0 Å². The average molecular weight is 283 g/mol. The summed E-state index contributed by atoms with van der Waals surface area (Å²) in [6, 6.07) is 9.84. The maximum absolute atomic E-state index is 6.20. The zero-order valence-electron chi connectivity index (χ0n) is 11.9. The van der Waals surface area contributed by atoms with E-state index in [4.69, 9.17) is 14.7 Å². The molecule has 0 saturated heterocycles. The summed E-state index contributed by atoms with van der Waals surface area (Å²) in [5.74, 6) is 1.73. The summed E-state index contributed by atoms with van der Waals surface area (Å²) in [5.41, 5.74) is 6.80. The van der Waals surface area contributed by atoms with Gasteiger partial charge in [-0.05, 0) is 31.9 Å².